The summed E-state index contributed by atoms with van der Waals surface area (Å²) in [5.41, 5.74) is 1.28. The van der Waals surface area contributed by atoms with Crippen molar-refractivity contribution in [1.82, 2.24) is 5.32 Å². The number of para-hydroxylation sites is 1. The molecular weight excluding hydrogens is 210 g/mol. The zero-order valence-corrected chi connectivity index (χ0v) is 10.7. The Morgan fingerprint density at radius 3 is 2.94 bits per heavy atom. The van der Waals surface area contributed by atoms with Crippen molar-refractivity contribution in [1.29, 1.82) is 0 Å². The van der Waals surface area contributed by atoms with E-state index in [2.05, 4.69) is 25.1 Å². The van der Waals surface area contributed by atoms with E-state index in [1.165, 1.54) is 31.2 Å². The predicted molar refractivity (Wildman–Crippen MR) is 70.4 cm³/mol. The van der Waals surface area contributed by atoms with Gasteiger partial charge >= 0.3 is 0 Å². The Morgan fingerprint density at radius 1 is 1.29 bits per heavy atom. The second-order valence-electron chi connectivity index (χ2n) is 4.66. The first-order chi connectivity index (χ1) is 8.42. The lowest BCUT2D eigenvalue weighted by molar-refractivity contribution is 0.297. The summed E-state index contributed by atoms with van der Waals surface area (Å²) < 4.78 is 5.87. The highest BCUT2D eigenvalue weighted by Gasteiger charge is 2.19. The molecule has 2 rings (SSSR count). The third kappa shape index (κ3) is 3.47. The van der Waals surface area contributed by atoms with Crippen LogP contribution < -0.4 is 10.1 Å². The minimum atomic E-state index is 0.363. The Balaban J connectivity index is 2.03. The maximum absolute atomic E-state index is 5.87. The Morgan fingerprint density at radius 2 is 2.18 bits per heavy atom. The average molecular weight is 232 g/mol. The number of hydrogen-bond donors (Lipinski definition) is 0. The monoisotopic (exact) mass is 232 g/mol. The second kappa shape index (κ2) is 6.65. The summed E-state index contributed by atoms with van der Waals surface area (Å²) in [4.78, 5) is 0. The molecular formula is C15H22NO. The van der Waals surface area contributed by atoms with Gasteiger partial charge in [0, 0.05) is 12.1 Å². The lowest BCUT2D eigenvalue weighted by Gasteiger charge is -2.24. The van der Waals surface area contributed by atoms with E-state index in [1.54, 1.807) is 0 Å². The van der Waals surface area contributed by atoms with Crippen LogP contribution in [-0.2, 0) is 0 Å². The molecule has 1 saturated heterocycles. The topological polar surface area (TPSA) is 23.3 Å². The standard InChI is InChI=1S/C15H22NO/c1-2-3-12-17-15-10-5-4-8-13(15)14-9-6-7-11-16-14/h4-5,8,10,14H,2-3,6-7,9,11-12H2,1H3. The van der Waals surface area contributed by atoms with Crippen LogP contribution in [0.15, 0.2) is 24.3 Å². The SMILES string of the molecule is CCCCOc1ccccc1C1CCCC[N]1. The van der Waals surface area contributed by atoms with Crippen molar-refractivity contribution in [2.45, 2.75) is 45.1 Å². The Kier molecular flexibility index (Phi) is 4.87. The Hall–Kier alpha value is -1.02. The quantitative estimate of drug-likeness (QED) is 0.710. The molecule has 1 fully saturated rings. The van der Waals surface area contributed by atoms with Crippen molar-refractivity contribution in [2.75, 3.05) is 13.2 Å². The molecule has 1 heterocycles. The van der Waals surface area contributed by atoms with Crippen molar-refractivity contribution in [3.05, 3.63) is 29.8 Å². The molecule has 1 aromatic carbocycles. The summed E-state index contributed by atoms with van der Waals surface area (Å²) in [5.74, 6) is 1.04. The smallest absolute Gasteiger partial charge is 0.124 e. The first-order valence-electron chi connectivity index (χ1n) is 6.80. The molecule has 0 saturated carbocycles. The minimum absolute atomic E-state index is 0.363. The Labute approximate surface area is 104 Å². The zero-order valence-electron chi connectivity index (χ0n) is 10.7. The summed E-state index contributed by atoms with van der Waals surface area (Å²) in [5, 5.41) is 4.71. The highest BCUT2D eigenvalue weighted by Crippen LogP contribution is 2.31. The van der Waals surface area contributed by atoms with Crippen LogP contribution in [-0.4, -0.2) is 13.2 Å². The highest BCUT2D eigenvalue weighted by atomic mass is 16.5. The molecule has 1 unspecified atom stereocenters. The van der Waals surface area contributed by atoms with Crippen molar-refractivity contribution in [3.8, 4) is 5.75 Å². The number of nitrogens with zero attached hydrogens (tertiary/aromatic N) is 1. The van der Waals surface area contributed by atoms with Gasteiger partial charge in [0.25, 0.3) is 0 Å². The number of unbranched alkanes of at least 4 members (excludes halogenated alkanes) is 1. The number of ether oxygens (including phenoxy) is 1. The van der Waals surface area contributed by atoms with Crippen molar-refractivity contribution < 1.29 is 4.74 Å². The first-order valence-corrected chi connectivity index (χ1v) is 6.80. The molecule has 1 atom stereocenters. The maximum Gasteiger partial charge on any atom is 0.124 e. The first kappa shape index (κ1) is 12.4. The summed E-state index contributed by atoms with van der Waals surface area (Å²) in [7, 11) is 0. The molecule has 1 aromatic rings. The normalized spacial score (nSPS) is 20.2. The third-order valence-corrected chi connectivity index (χ3v) is 3.27. The van der Waals surface area contributed by atoms with E-state index in [0.29, 0.717) is 6.04 Å². The van der Waals surface area contributed by atoms with Crippen LogP contribution in [0, 0.1) is 0 Å². The van der Waals surface area contributed by atoms with E-state index in [1.807, 2.05) is 6.07 Å². The summed E-state index contributed by atoms with van der Waals surface area (Å²) in [6.45, 7) is 4.01. The Bertz CT molecular complexity index is 331. The van der Waals surface area contributed by atoms with E-state index < -0.39 is 0 Å². The molecule has 93 valence electrons. The van der Waals surface area contributed by atoms with Crippen molar-refractivity contribution >= 4 is 0 Å². The molecule has 1 radical (unpaired) electrons. The third-order valence-electron chi connectivity index (χ3n) is 3.27. The lowest BCUT2D eigenvalue weighted by Crippen LogP contribution is -2.21. The molecule has 17 heavy (non-hydrogen) atoms. The van der Waals surface area contributed by atoms with Crippen LogP contribution >= 0.6 is 0 Å². The predicted octanol–water partition coefficient (Wildman–Crippen LogP) is 3.69. The van der Waals surface area contributed by atoms with Gasteiger partial charge in [-0.15, -0.1) is 0 Å². The number of piperidine rings is 1. The van der Waals surface area contributed by atoms with Crippen molar-refractivity contribution in [2.24, 2.45) is 0 Å². The molecule has 2 nitrogen and oxygen atoms in total. The van der Waals surface area contributed by atoms with Gasteiger partial charge in [0.05, 0.1) is 12.6 Å². The van der Waals surface area contributed by atoms with E-state index in [4.69, 9.17) is 10.1 Å². The van der Waals surface area contributed by atoms with Crippen LogP contribution in [0.25, 0.3) is 0 Å². The zero-order chi connectivity index (χ0) is 11.9. The van der Waals surface area contributed by atoms with Gasteiger partial charge in [0.2, 0.25) is 0 Å². The fraction of sp³-hybridized carbons (Fsp3) is 0.600. The molecule has 1 aliphatic rings. The number of hydrogen-bond acceptors (Lipinski definition) is 1. The molecule has 0 bridgehead atoms. The molecule has 0 aliphatic carbocycles. The van der Waals surface area contributed by atoms with Crippen LogP contribution in [0.1, 0.15) is 50.6 Å². The minimum Gasteiger partial charge on any atom is -0.493 e. The fourth-order valence-corrected chi connectivity index (χ4v) is 2.26. The van der Waals surface area contributed by atoms with Crippen LogP contribution in [0.3, 0.4) is 0 Å². The average Bonchev–Trinajstić information content (AvgIpc) is 2.41. The molecule has 0 N–H and O–H groups in total. The fourth-order valence-electron chi connectivity index (χ4n) is 2.26. The van der Waals surface area contributed by atoms with Gasteiger partial charge in [0.15, 0.2) is 0 Å². The number of rotatable bonds is 5. The lowest BCUT2D eigenvalue weighted by atomic mass is 9.97. The van der Waals surface area contributed by atoms with Crippen LogP contribution in [0.2, 0.25) is 0 Å². The van der Waals surface area contributed by atoms with E-state index in [9.17, 15) is 0 Å². The van der Waals surface area contributed by atoms with Gasteiger partial charge in [-0.2, -0.15) is 0 Å². The van der Waals surface area contributed by atoms with Gasteiger partial charge in [0.1, 0.15) is 5.75 Å². The summed E-state index contributed by atoms with van der Waals surface area (Å²) >= 11 is 0. The van der Waals surface area contributed by atoms with Gasteiger partial charge in [-0.3, -0.25) is 0 Å². The van der Waals surface area contributed by atoms with E-state index >= 15 is 0 Å². The molecule has 0 amide bonds. The maximum atomic E-state index is 5.87. The van der Waals surface area contributed by atoms with Crippen LogP contribution in [0.4, 0.5) is 0 Å². The van der Waals surface area contributed by atoms with E-state index in [-0.39, 0.29) is 0 Å². The molecule has 0 spiro atoms. The number of benzene rings is 1. The second-order valence-corrected chi connectivity index (χ2v) is 4.66. The molecule has 1 aliphatic heterocycles. The van der Waals surface area contributed by atoms with Gasteiger partial charge in [-0.05, 0) is 25.3 Å². The van der Waals surface area contributed by atoms with E-state index in [0.717, 1.165) is 25.3 Å². The van der Waals surface area contributed by atoms with Gasteiger partial charge in [-0.25, -0.2) is 5.32 Å². The molecule has 0 aromatic heterocycles. The molecule has 2 heteroatoms. The highest BCUT2D eigenvalue weighted by molar-refractivity contribution is 5.36. The van der Waals surface area contributed by atoms with Gasteiger partial charge in [-0.1, -0.05) is 38.0 Å². The van der Waals surface area contributed by atoms with Crippen LogP contribution in [0.5, 0.6) is 5.75 Å². The summed E-state index contributed by atoms with van der Waals surface area (Å²) in [6, 6.07) is 8.75. The van der Waals surface area contributed by atoms with Gasteiger partial charge < -0.3 is 4.74 Å². The van der Waals surface area contributed by atoms with Crippen molar-refractivity contribution in [3.63, 3.8) is 0 Å². The summed E-state index contributed by atoms with van der Waals surface area (Å²) in [6.07, 6.45) is 6.01. The largest absolute Gasteiger partial charge is 0.493 e.